The molecule has 4 rings (SSSR count). The third-order valence-corrected chi connectivity index (χ3v) is 9.44. The van der Waals surface area contributed by atoms with Crippen LogP contribution < -0.4 is 19.1 Å². The van der Waals surface area contributed by atoms with Crippen molar-refractivity contribution < 1.29 is 27.5 Å². The van der Waals surface area contributed by atoms with Crippen molar-refractivity contribution in [3.05, 3.63) is 84.4 Å². The molecule has 0 heterocycles. The molecule has 3 aromatic rings. The predicted octanol–water partition coefficient (Wildman–Crippen LogP) is 5.16. The average molecular weight is 608 g/mol. The summed E-state index contributed by atoms with van der Waals surface area (Å²) >= 11 is 0. The smallest absolute Gasteiger partial charge is 0.264 e. The van der Waals surface area contributed by atoms with Gasteiger partial charge in [0.05, 0.1) is 24.3 Å². The first kappa shape index (κ1) is 31.9. The number of nitrogens with zero attached hydrogens (tertiary/aromatic N) is 2. The molecule has 2 amide bonds. The molecule has 9 nitrogen and oxygen atoms in total. The molecule has 0 saturated heterocycles. The van der Waals surface area contributed by atoms with E-state index in [1.165, 1.54) is 17.0 Å². The van der Waals surface area contributed by atoms with Crippen LogP contribution in [0.1, 0.15) is 51.5 Å². The summed E-state index contributed by atoms with van der Waals surface area (Å²) in [5.74, 6) is 0.429. The third-order valence-electron chi connectivity index (χ3n) is 7.65. The lowest BCUT2D eigenvalue weighted by Crippen LogP contribution is -2.53. The molecule has 1 saturated carbocycles. The summed E-state index contributed by atoms with van der Waals surface area (Å²) in [5, 5.41) is 3.12. The number of carbonyl (C=O) groups is 2. The van der Waals surface area contributed by atoms with Crippen LogP contribution in [0.3, 0.4) is 0 Å². The zero-order valence-electron chi connectivity index (χ0n) is 25.1. The minimum absolute atomic E-state index is 0.0547. The molecule has 0 spiro atoms. The van der Waals surface area contributed by atoms with Crippen molar-refractivity contribution in [2.45, 2.75) is 69.5 Å². The second-order valence-corrected chi connectivity index (χ2v) is 12.5. The Morgan fingerprint density at radius 1 is 0.930 bits per heavy atom. The molecule has 3 aromatic carbocycles. The van der Waals surface area contributed by atoms with E-state index in [4.69, 9.17) is 9.47 Å². The van der Waals surface area contributed by atoms with Crippen LogP contribution in [0.25, 0.3) is 0 Å². The summed E-state index contributed by atoms with van der Waals surface area (Å²) in [6.45, 7) is 3.60. The van der Waals surface area contributed by atoms with Gasteiger partial charge in [0.1, 0.15) is 24.1 Å². The van der Waals surface area contributed by atoms with Crippen LogP contribution in [0.2, 0.25) is 0 Å². The summed E-state index contributed by atoms with van der Waals surface area (Å²) < 4.78 is 39.9. The number of ether oxygens (including phenoxy) is 2. The second kappa shape index (κ2) is 14.9. The molecular formula is C33H41N3O6S. The zero-order chi connectivity index (χ0) is 30.8. The monoisotopic (exact) mass is 607 g/mol. The van der Waals surface area contributed by atoms with Gasteiger partial charge in [0.15, 0.2) is 0 Å². The summed E-state index contributed by atoms with van der Waals surface area (Å²) in [7, 11) is -2.57. The Balaban J connectivity index is 1.67. The van der Waals surface area contributed by atoms with E-state index in [-0.39, 0.29) is 23.4 Å². The minimum atomic E-state index is -4.14. The van der Waals surface area contributed by atoms with Crippen molar-refractivity contribution in [3.8, 4) is 11.5 Å². The van der Waals surface area contributed by atoms with Gasteiger partial charge in [-0.05, 0) is 80.8 Å². The molecule has 0 aliphatic heterocycles. The highest BCUT2D eigenvalue weighted by atomic mass is 32.2. The van der Waals surface area contributed by atoms with Crippen LogP contribution in [0.5, 0.6) is 11.5 Å². The summed E-state index contributed by atoms with van der Waals surface area (Å²) in [6, 6.07) is 21.1. The molecular weight excluding hydrogens is 566 g/mol. The van der Waals surface area contributed by atoms with Gasteiger partial charge >= 0.3 is 0 Å². The van der Waals surface area contributed by atoms with Crippen molar-refractivity contribution in [1.29, 1.82) is 0 Å². The van der Waals surface area contributed by atoms with Gasteiger partial charge in [-0.25, -0.2) is 8.42 Å². The van der Waals surface area contributed by atoms with Crippen LogP contribution in [-0.2, 0) is 26.2 Å². The quantitative estimate of drug-likeness (QED) is 0.288. The van der Waals surface area contributed by atoms with Gasteiger partial charge in [0.2, 0.25) is 11.8 Å². The molecule has 1 aliphatic rings. The number of carbonyl (C=O) groups excluding carboxylic acids is 2. The van der Waals surface area contributed by atoms with Crippen LogP contribution >= 0.6 is 0 Å². The van der Waals surface area contributed by atoms with E-state index in [9.17, 15) is 18.0 Å². The lowest BCUT2D eigenvalue weighted by atomic mass is 9.95. The van der Waals surface area contributed by atoms with Gasteiger partial charge in [-0.2, -0.15) is 0 Å². The number of hydrogen-bond donors (Lipinski definition) is 1. The molecule has 1 N–H and O–H groups in total. The fraction of sp³-hybridized carbons (Fsp3) is 0.394. The average Bonchev–Trinajstić information content (AvgIpc) is 3.03. The summed E-state index contributed by atoms with van der Waals surface area (Å²) in [6.07, 6.45) is 5.08. The molecule has 43 heavy (non-hydrogen) atoms. The topological polar surface area (TPSA) is 105 Å². The van der Waals surface area contributed by atoms with Gasteiger partial charge in [-0.3, -0.25) is 13.9 Å². The Labute approximate surface area is 254 Å². The van der Waals surface area contributed by atoms with Crippen LogP contribution in [0.4, 0.5) is 5.69 Å². The van der Waals surface area contributed by atoms with E-state index in [0.717, 1.165) is 42.0 Å². The van der Waals surface area contributed by atoms with Gasteiger partial charge in [-0.15, -0.1) is 0 Å². The van der Waals surface area contributed by atoms with Crippen LogP contribution in [0.15, 0.2) is 83.8 Å². The fourth-order valence-electron chi connectivity index (χ4n) is 5.24. The van der Waals surface area contributed by atoms with E-state index < -0.39 is 28.5 Å². The first-order valence-corrected chi connectivity index (χ1v) is 16.2. The lowest BCUT2D eigenvalue weighted by Gasteiger charge is -2.33. The number of rotatable bonds is 13. The molecule has 1 aliphatic carbocycles. The highest BCUT2D eigenvalue weighted by Crippen LogP contribution is 2.27. The SMILES string of the molecule is CCOc1ccc(N(CC(=O)N(Cc2cccc(OC)c2)C(C)C(=O)NC2CCCCC2)S(=O)(=O)c2ccccc2)cc1. The third kappa shape index (κ3) is 8.28. The van der Waals surface area contributed by atoms with Crippen LogP contribution in [-0.4, -0.2) is 57.5 Å². The Morgan fingerprint density at radius 2 is 1.63 bits per heavy atom. The lowest BCUT2D eigenvalue weighted by molar-refractivity contribution is -0.139. The Kier molecular flexibility index (Phi) is 11.1. The summed E-state index contributed by atoms with van der Waals surface area (Å²) in [5.41, 5.74) is 1.06. The Bertz CT molecular complexity index is 1460. The minimum Gasteiger partial charge on any atom is -0.497 e. The van der Waals surface area contributed by atoms with E-state index in [2.05, 4.69) is 5.32 Å². The van der Waals surface area contributed by atoms with E-state index in [0.29, 0.717) is 23.8 Å². The van der Waals surface area contributed by atoms with E-state index >= 15 is 0 Å². The first-order valence-electron chi connectivity index (χ1n) is 14.8. The summed E-state index contributed by atoms with van der Waals surface area (Å²) in [4.78, 5) is 29.1. The number of nitrogens with one attached hydrogen (secondary N) is 1. The van der Waals surface area contributed by atoms with Gasteiger partial charge in [0, 0.05) is 12.6 Å². The van der Waals surface area contributed by atoms with Gasteiger partial charge in [-0.1, -0.05) is 49.6 Å². The van der Waals surface area contributed by atoms with Crippen molar-refractivity contribution in [2.75, 3.05) is 24.6 Å². The molecule has 0 radical (unpaired) electrons. The molecule has 0 aromatic heterocycles. The van der Waals surface area contributed by atoms with Crippen molar-refractivity contribution >= 4 is 27.5 Å². The Morgan fingerprint density at radius 3 is 2.28 bits per heavy atom. The second-order valence-electron chi connectivity index (χ2n) is 10.6. The molecule has 0 bridgehead atoms. The normalized spacial score (nSPS) is 14.4. The van der Waals surface area contributed by atoms with Crippen molar-refractivity contribution in [1.82, 2.24) is 10.2 Å². The number of methoxy groups -OCH3 is 1. The number of benzene rings is 3. The van der Waals surface area contributed by atoms with Crippen molar-refractivity contribution in [2.24, 2.45) is 0 Å². The van der Waals surface area contributed by atoms with Crippen LogP contribution in [0, 0.1) is 0 Å². The molecule has 1 atom stereocenters. The molecule has 230 valence electrons. The highest BCUT2D eigenvalue weighted by Gasteiger charge is 2.33. The zero-order valence-corrected chi connectivity index (χ0v) is 25.9. The maximum Gasteiger partial charge on any atom is 0.264 e. The number of anilines is 1. The Hall–Kier alpha value is -4.05. The largest absolute Gasteiger partial charge is 0.497 e. The van der Waals surface area contributed by atoms with E-state index in [1.54, 1.807) is 68.6 Å². The number of amides is 2. The first-order chi connectivity index (χ1) is 20.7. The fourth-order valence-corrected chi connectivity index (χ4v) is 6.68. The van der Waals surface area contributed by atoms with Gasteiger partial charge < -0.3 is 19.7 Å². The van der Waals surface area contributed by atoms with Crippen molar-refractivity contribution in [3.63, 3.8) is 0 Å². The molecule has 1 fully saturated rings. The number of hydrogen-bond acceptors (Lipinski definition) is 6. The maximum absolute atomic E-state index is 14.2. The van der Waals surface area contributed by atoms with E-state index in [1.807, 2.05) is 19.1 Å². The van der Waals surface area contributed by atoms with Gasteiger partial charge in [0.25, 0.3) is 10.0 Å². The highest BCUT2D eigenvalue weighted by molar-refractivity contribution is 7.92. The predicted molar refractivity (Wildman–Crippen MR) is 167 cm³/mol. The maximum atomic E-state index is 14.2. The number of sulfonamides is 1. The molecule has 10 heteroatoms. The standard InChI is InChI=1S/C33H41N3O6S/c1-4-42-29-20-18-28(19-21-29)36(43(39,40)31-16-9-6-10-17-31)24-32(37)35(23-26-12-11-15-30(22-26)41-3)25(2)33(38)34-27-13-7-5-8-14-27/h6,9-12,15-22,25,27H,4-5,7-8,13-14,23-24H2,1-3H3,(H,34,38). The molecule has 1 unspecified atom stereocenters.